The second kappa shape index (κ2) is 8.93. The minimum Gasteiger partial charge on any atom is -0.389 e. The molecule has 0 spiro atoms. The minimum absolute atomic E-state index is 0.377. The van der Waals surface area contributed by atoms with E-state index in [9.17, 15) is 5.11 Å². The molecular weight excluding hydrogens is 158 g/mol. The maximum Gasteiger partial charge on any atom is 0.0897 e. The van der Waals surface area contributed by atoms with Crippen molar-refractivity contribution in [2.24, 2.45) is 0 Å². The van der Waals surface area contributed by atoms with Gasteiger partial charge < -0.3 is 19.9 Å². The average Bonchev–Trinajstić information content (AvgIpc) is 2.05. The van der Waals surface area contributed by atoms with Crippen LogP contribution < -0.4 is 5.32 Å². The molecule has 74 valence electrons. The second-order valence-corrected chi connectivity index (χ2v) is 2.51. The van der Waals surface area contributed by atoms with Crippen molar-refractivity contribution in [3.63, 3.8) is 0 Å². The molecule has 0 radical (unpaired) electrons. The molecule has 2 N–H and O–H groups in total. The molecule has 0 saturated heterocycles. The highest BCUT2D eigenvalue weighted by molar-refractivity contribution is 4.57. The predicted molar refractivity (Wildman–Crippen MR) is 47.2 cm³/mol. The molecule has 0 aliphatic rings. The van der Waals surface area contributed by atoms with Gasteiger partial charge >= 0.3 is 0 Å². The van der Waals surface area contributed by atoms with Gasteiger partial charge in [-0.15, -0.1) is 0 Å². The maximum atomic E-state index is 9.18. The van der Waals surface area contributed by atoms with Gasteiger partial charge in [-0.25, -0.2) is 0 Å². The van der Waals surface area contributed by atoms with Gasteiger partial charge in [-0.3, -0.25) is 0 Å². The molecule has 0 amide bonds. The molecule has 0 aromatic carbocycles. The summed E-state index contributed by atoms with van der Waals surface area (Å²) in [6, 6.07) is 0. The lowest BCUT2D eigenvalue weighted by Gasteiger charge is -2.10. The Morgan fingerprint density at radius 1 is 1.50 bits per heavy atom. The number of rotatable bonds is 8. The molecule has 12 heavy (non-hydrogen) atoms. The molecule has 1 atom stereocenters. The predicted octanol–water partition coefficient (Wildman–Crippen LogP) is -0.380. The van der Waals surface area contributed by atoms with Crippen LogP contribution in [0.15, 0.2) is 0 Å². The summed E-state index contributed by atoms with van der Waals surface area (Å²) in [7, 11) is 1.57. The van der Waals surface area contributed by atoms with E-state index >= 15 is 0 Å². The fourth-order valence-electron chi connectivity index (χ4n) is 0.809. The molecule has 0 aliphatic heterocycles. The van der Waals surface area contributed by atoms with Crippen LogP contribution in [0.25, 0.3) is 0 Å². The summed E-state index contributed by atoms with van der Waals surface area (Å²) >= 11 is 0. The molecule has 0 bridgehead atoms. The molecule has 0 fully saturated rings. The van der Waals surface area contributed by atoms with Crippen LogP contribution in [-0.4, -0.2) is 51.2 Å². The number of methoxy groups -OCH3 is 1. The first-order valence-electron chi connectivity index (χ1n) is 4.26. The molecule has 1 unspecified atom stereocenters. The summed E-state index contributed by atoms with van der Waals surface area (Å²) in [5.74, 6) is 0. The van der Waals surface area contributed by atoms with Crippen LogP contribution in [0.5, 0.6) is 0 Å². The largest absolute Gasteiger partial charge is 0.389 e. The van der Waals surface area contributed by atoms with E-state index in [1.54, 1.807) is 7.11 Å². The quantitative estimate of drug-likeness (QED) is 0.496. The minimum atomic E-state index is -0.420. The van der Waals surface area contributed by atoms with Gasteiger partial charge in [0.1, 0.15) is 0 Å². The first-order valence-corrected chi connectivity index (χ1v) is 4.26. The summed E-state index contributed by atoms with van der Waals surface area (Å²) in [5.41, 5.74) is 0. The Labute approximate surface area is 73.9 Å². The van der Waals surface area contributed by atoms with E-state index in [0.29, 0.717) is 19.8 Å². The van der Waals surface area contributed by atoms with Gasteiger partial charge in [0.25, 0.3) is 0 Å². The van der Waals surface area contributed by atoms with Crippen molar-refractivity contribution in [3.8, 4) is 0 Å². The zero-order valence-electron chi connectivity index (χ0n) is 7.88. The summed E-state index contributed by atoms with van der Waals surface area (Å²) in [4.78, 5) is 0. The third kappa shape index (κ3) is 7.94. The van der Waals surface area contributed by atoms with Crippen LogP contribution in [-0.2, 0) is 9.47 Å². The Hall–Kier alpha value is -0.160. The van der Waals surface area contributed by atoms with Gasteiger partial charge in [-0.05, 0) is 6.92 Å². The molecule has 0 saturated carbocycles. The molecule has 4 nitrogen and oxygen atoms in total. The van der Waals surface area contributed by atoms with Gasteiger partial charge in [0, 0.05) is 26.8 Å². The van der Waals surface area contributed by atoms with Crippen LogP contribution in [0.1, 0.15) is 6.92 Å². The number of hydrogen-bond donors (Lipinski definition) is 2. The summed E-state index contributed by atoms with van der Waals surface area (Å²) < 4.78 is 9.86. The lowest BCUT2D eigenvalue weighted by Crippen LogP contribution is -2.32. The fraction of sp³-hybridized carbons (Fsp3) is 1.00. The van der Waals surface area contributed by atoms with Crippen LogP contribution in [0.4, 0.5) is 0 Å². The van der Waals surface area contributed by atoms with Crippen molar-refractivity contribution in [2.75, 3.05) is 40.0 Å². The molecule has 4 heteroatoms. The van der Waals surface area contributed by atoms with Gasteiger partial charge in [0.15, 0.2) is 0 Å². The van der Waals surface area contributed by atoms with Crippen molar-refractivity contribution in [2.45, 2.75) is 13.0 Å². The Bertz CT molecular complexity index is 90.4. The molecule has 0 aromatic heterocycles. The molecule has 0 rings (SSSR count). The van der Waals surface area contributed by atoms with Gasteiger partial charge in [0.05, 0.1) is 19.3 Å². The maximum absolute atomic E-state index is 9.18. The van der Waals surface area contributed by atoms with E-state index in [4.69, 9.17) is 9.47 Å². The van der Waals surface area contributed by atoms with Crippen LogP contribution >= 0.6 is 0 Å². The van der Waals surface area contributed by atoms with E-state index in [1.165, 1.54) is 0 Å². The number of hydrogen-bond acceptors (Lipinski definition) is 4. The first kappa shape index (κ1) is 11.8. The second-order valence-electron chi connectivity index (χ2n) is 2.51. The SMILES string of the molecule is CCOCCNCC(O)COC. The Kier molecular flexibility index (Phi) is 8.81. The average molecular weight is 177 g/mol. The van der Waals surface area contributed by atoms with Crippen molar-refractivity contribution in [1.29, 1.82) is 0 Å². The zero-order valence-corrected chi connectivity index (χ0v) is 7.88. The summed E-state index contributed by atoms with van der Waals surface area (Å²) in [6.07, 6.45) is -0.420. The molecule has 0 heterocycles. The topological polar surface area (TPSA) is 50.7 Å². The monoisotopic (exact) mass is 177 g/mol. The van der Waals surface area contributed by atoms with E-state index in [2.05, 4.69) is 5.32 Å². The highest BCUT2D eigenvalue weighted by Gasteiger charge is 2.00. The number of ether oxygens (including phenoxy) is 2. The molecule has 0 aliphatic carbocycles. The highest BCUT2D eigenvalue weighted by Crippen LogP contribution is 1.80. The third-order valence-corrected chi connectivity index (χ3v) is 1.37. The molecule has 0 aromatic rings. The number of nitrogens with one attached hydrogen (secondary N) is 1. The van der Waals surface area contributed by atoms with Crippen molar-refractivity contribution >= 4 is 0 Å². The van der Waals surface area contributed by atoms with Gasteiger partial charge in [-0.2, -0.15) is 0 Å². The van der Waals surface area contributed by atoms with Gasteiger partial charge in [0.2, 0.25) is 0 Å². The van der Waals surface area contributed by atoms with Crippen molar-refractivity contribution in [1.82, 2.24) is 5.32 Å². The van der Waals surface area contributed by atoms with Crippen molar-refractivity contribution in [3.05, 3.63) is 0 Å². The Morgan fingerprint density at radius 3 is 2.83 bits per heavy atom. The van der Waals surface area contributed by atoms with Crippen LogP contribution in [0.2, 0.25) is 0 Å². The fourth-order valence-corrected chi connectivity index (χ4v) is 0.809. The van der Waals surface area contributed by atoms with Crippen LogP contribution in [0, 0.1) is 0 Å². The lowest BCUT2D eigenvalue weighted by atomic mass is 10.4. The zero-order chi connectivity index (χ0) is 9.23. The number of aliphatic hydroxyl groups excluding tert-OH is 1. The van der Waals surface area contributed by atoms with Crippen LogP contribution in [0.3, 0.4) is 0 Å². The van der Waals surface area contributed by atoms with E-state index < -0.39 is 6.10 Å². The van der Waals surface area contributed by atoms with E-state index in [0.717, 1.165) is 13.2 Å². The third-order valence-electron chi connectivity index (χ3n) is 1.37. The highest BCUT2D eigenvalue weighted by atomic mass is 16.5. The Morgan fingerprint density at radius 2 is 2.25 bits per heavy atom. The normalized spacial score (nSPS) is 13.2. The number of aliphatic hydroxyl groups is 1. The van der Waals surface area contributed by atoms with Crippen molar-refractivity contribution < 1.29 is 14.6 Å². The standard InChI is InChI=1S/C8H19NO3/c1-3-12-5-4-9-6-8(10)7-11-2/h8-10H,3-7H2,1-2H3. The van der Waals surface area contributed by atoms with E-state index in [1.807, 2.05) is 6.92 Å². The smallest absolute Gasteiger partial charge is 0.0897 e. The summed E-state index contributed by atoms with van der Waals surface area (Å²) in [6.45, 7) is 5.09. The lowest BCUT2D eigenvalue weighted by molar-refractivity contribution is 0.0625. The van der Waals surface area contributed by atoms with E-state index in [-0.39, 0.29) is 0 Å². The first-order chi connectivity index (χ1) is 5.81. The van der Waals surface area contributed by atoms with Gasteiger partial charge in [-0.1, -0.05) is 0 Å². The molecular formula is C8H19NO3. The summed E-state index contributed by atoms with van der Waals surface area (Å²) in [5, 5.41) is 12.2. The Balaban J connectivity index is 2.97.